The number of rotatable bonds is 5. The lowest BCUT2D eigenvalue weighted by molar-refractivity contribution is 0.276. The van der Waals surface area contributed by atoms with Gasteiger partial charge in [0.25, 0.3) is 0 Å². The molecule has 0 radical (unpaired) electrons. The Kier molecular flexibility index (Phi) is 5.93. The highest BCUT2D eigenvalue weighted by atomic mass is 14.8. The van der Waals surface area contributed by atoms with Crippen molar-refractivity contribution < 1.29 is 0 Å². The van der Waals surface area contributed by atoms with Crippen molar-refractivity contribution in [2.24, 2.45) is 11.8 Å². The van der Waals surface area contributed by atoms with E-state index in [9.17, 15) is 0 Å². The molecule has 1 saturated carbocycles. The highest BCUT2D eigenvalue weighted by Crippen LogP contribution is 2.32. The third-order valence-electron chi connectivity index (χ3n) is 3.44. The van der Waals surface area contributed by atoms with Gasteiger partial charge >= 0.3 is 0 Å². The zero-order valence-electron chi connectivity index (χ0n) is 9.76. The van der Waals surface area contributed by atoms with E-state index in [1.165, 1.54) is 38.5 Å². The average Bonchev–Trinajstić information content (AvgIpc) is 2.25. The van der Waals surface area contributed by atoms with Crippen LogP contribution in [0.2, 0.25) is 0 Å². The predicted octanol–water partition coefficient (Wildman–Crippen LogP) is 3.37. The molecule has 1 rings (SSSR count). The van der Waals surface area contributed by atoms with Crippen molar-refractivity contribution >= 4 is 0 Å². The molecular weight excluding hydrogens is 170 g/mol. The van der Waals surface area contributed by atoms with E-state index >= 15 is 0 Å². The summed E-state index contributed by atoms with van der Waals surface area (Å²) < 4.78 is 0. The molecule has 1 nitrogen and oxygen atoms in total. The van der Waals surface area contributed by atoms with E-state index in [1.54, 1.807) is 0 Å². The Morgan fingerprint density at radius 3 is 2.79 bits per heavy atom. The fourth-order valence-electron chi connectivity index (χ4n) is 2.50. The highest BCUT2D eigenvalue weighted by molar-refractivity contribution is 4.93. The molecule has 1 aliphatic rings. The van der Waals surface area contributed by atoms with E-state index in [2.05, 4.69) is 24.4 Å². The van der Waals surface area contributed by atoms with Crippen molar-refractivity contribution in [3.63, 3.8) is 0 Å². The van der Waals surface area contributed by atoms with Gasteiger partial charge in [0.1, 0.15) is 0 Å². The second kappa shape index (κ2) is 7.05. The van der Waals surface area contributed by atoms with Crippen molar-refractivity contribution in [3.05, 3.63) is 12.2 Å². The monoisotopic (exact) mass is 195 g/mol. The summed E-state index contributed by atoms with van der Waals surface area (Å²) in [6.07, 6.45) is 13.2. The van der Waals surface area contributed by atoms with Crippen molar-refractivity contribution in [1.82, 2.24) is 5.32 Å². The summed E-state index contributed by atoms with van der Waals surface area (Å²) in [7, 11) is 2.02. The summed E-state index contributed by atoms with van der Waals surface area (Å²) >= 11 is 0. The Morgan fingerprint density at radius 2 is 2.07 bits per heavy atom. The fourth-order valence-corrected chi connectivity index (χ4v) is 2.50. The van der Waals surface area contributed by atoms with Crippen LogP contribution in [0.3, 0.4) is 0 Å². The molecule has 0 saturated heterocycles. The van der Waals surface area contributed by atoms with Gasteiger partial charge in [-0.3, -0.25) is 0 Å². The predicted molar refractivity (Wildman–Crippen MR) is 63.4 cm³/mol. The van der Waals surface area contributed by atoms with Gasteiger partial charge in [0.2, 0.25) is 0 Å². The lowest BCUT2D eigenvalue weighted by Gasteiger charge is -2.28. The molecule has 0 bridgehead atoms. The Labute approximate surface area is 89.0 Å². The number of allylic oxidation sites excluding steroid dienone is 1. The molecule has 14 heavy (non-hydrogen) atoms. The molecule has 0 aromatic heterocycles. The van der Waals surface area contributed by atoms with Gasteiger partial charge in [-0.05, 0) is 44.7 Å². The molecule has 0 aromatic rings. The van der Waals surface area contributed by atoms with Crippen LogP contribution < -0.4 is 5.32 Å². The van der Waals surface area contributed by atoms with E-state index in [4.69, 9.17) is 0 Å². The summed E-state index contributed by atoms with van der Waals surface area (Å²) in [6.45, 7) is 3.45. The summed E-state index contributed by atoms with van der Waals surface area (Å²) in [5.74, 6) is 1.85. The lowest BCUT2D eigenvalue weighted by atomic mass is 9.77. The first-order valence-electron chi connectivity index (χ1n) is 6.19. The molecule has 0 aliphatic heterocycles. The normalized spacial score (nSPS) is 28.4. The molecule has 2 unspecified atom stereocenters. The first-order chi connectivity index (χ1) is 6.88. The maximum absolute atomic E-state index is 3.18. The van der Waals surface area contributed by atoms with Crippen LogP contribution in [0.25, 0.3) is 0 Å². The molecule has 0 spiro atoms. The molecule has 0 aromatic carbocycles. The topological polar surface area (TPSA) is 12.0 Å². The van der Waals surface area contributed by atoms with E-state index < -0.39 is 0 Å². The summed E-state index contributed by atoms with van der Waals surface area (Å²) in [6, 6.07) is 0. The van der Waals surface area contributed by atoms with Crippen LogP contribution >= 0.6 is 0 Å². The molecule has 82 valence electrons. The van der Waals surface area contributed by atoms with Gasteiger partial charge in [-0.2, -0.15) is 0 Å². The first kappa shape index (κ1) is 11.8. The number of hydrogen-bond donors (Lipinski definition) is 1. The van der Waals surface area contributed by atoms with Crippen LogP contribution in [0.1, 0.15) is 45.4 Å². The molecule has 1 heteroatoms. The van der Waals surface area contributed by atoms with Crippen LogP contribution in [0.4, 0.5) is 0 Å². The van der Waals surface area contributed by atoms with E-state index in [1.807, 2.05) is 7.05 Å². The number of nitrogens with one attached hydrogen (secondary N) is 1. The van der Waals surface area contributed by atoms with Crippen LogP contribution in [0.5, 0.6) is 0 Å². The maximum atomic E-state index is 3.18. The minimum absolute atomic E-state index is 0.880. The second-order valence-corrected chi connectivity index (χ2v) is 4.44. The Bertz CT molecular complexity index is 163. The van der Waals surface area contributed by atoms with Gasteiger partial charge in [0.15, 0.2) is 0 Å². The molecular formula is C13H25N. The van der Waals surface area contributed by atoms with Gasteiger partial charge in [-0.25, -0.2) is 0 Å². The molecule has 2 atom stereocenters. The van der Waals surface area contributed by atoms with Crippen LogP contribution in [-0.2, 0) is 0 Å². The van der Waals surface area contributed by atoms with Crippen molar-refractivity contribution in [2.45, 2.75) is 45.4 Å². The van der Waals surface area contributed by atoms with Crippen LogP contribution in [0.15, 0.2) is 12.2 Å². The second-order valence-electron chi connectivity index (χ2n) is 4.44. The van der Waals surface area contributed by atoms with Gasteiger partial charge in [-0.1, -0.05) is 38.3 Å². The Morgan fingerprint density at radius 1 is 1.29 bits per heavy atom. The summed E-state index contributed by atoms with van der Waals surface area (Å²) in [5, 5.41) is 3.18. The smallest absolute Gasteiger partial charge is 0.00173 e. The summed E-state index contributed by atoms with van der Waals surface area (Å²) in [4.78, 5) is 0. The molecule has 0 amide bonds. The Balaban J connectivity index is 2.28. The van der Waals surface area contributed by atoms with Crippen molar-refractivity contribution in [2.75, 3.05) is 13.6 Å². The molecule has 1 N–H and O–H groups in total. The fraction of sp³-hybridized carbons (Fsp3) is 0.846. The molecule has 1 aliphatic carbocycles. The molecule has 1 fully saturated rings. The Hall–Kier alpha value is -0.300. The van der Waals surface area contributed by atoms with Gasteiger partial charge in [-0.15, -0.1) is 0 Å². The van der Waals surface area contributed by atoms with E-state index in [0.717, 1.165) is 18.4 Å². The lowest BCUT2D eigenvalue weighted by Crippen LogP contribution is -2.16. The van der Waals surface area contributed by atoms with Crippen LogP contribution in [-0.4, -0.2) is 13.6 Å². The average molecular weight is 195 g/mol. The SMILES string of the molecule is CCC1CCCCC1C=CCCNC. The summed E-state index contributed by atoms with van der Waals surface area (Å²) in [5.41, 5.74) is 0. The quantitative estimate of drug-likeness (QED) is 0.524. The standard InChI is InChI=1S/C13H25N/c1-3-12-8-4-5-9-13(12)10-6-7-11-14-2/h6,10,12-14H,3-5,7-9,11H2,1-2H3. The van der Waals surface area contributed by atoms with E-state index in [0.29, 0.717) is 0 Å². The van der Waals surface area contributed by atoms with Gasteiger partial charge < -0.3 is 5.32 Å². The van der Waals surface area contributed by atoms with Crippen molar-refractivity contribution in [3.8, 4) is 0 Å². The van der Waals surface area contributed by atoms with Gasteiger partial charge in [0, 0.05) is 0 Å². The van der Waals surface area contributed by atoms with Crippen molar-refractivity contribution in [1.29, 1.82) is 0 Å². The third-order valence-corrected chi connectivity index (χ3v) is 3.44. The zero-order chi connectivity index (χ0) is 10.2. The maximum Gasteiger partial charge on any atom is -0.00173 e. The van der Waals surface area contributed by atoms with Crippen LogP contribution in [0, 0.1) is 11.8 Å². The first-order valence-corrected chi connectivity index (χ1v) is 6.19. The van der Waals surface area contributed by atoms with Gasteiger partial charge in [0.05, 0.1) is 0 Å². The van der Waals surface area contributed by atoms with E-state index in [-0.39, 0.29) is 0 Å². The number of hydrogen-bond acceptors (Lipinski definition) is 1. The minimum atomic E-state index is 0.880. The zero-order valence-corrected chi connectivity index (χ0v) is 9.76. The highest BCUT2D eigenvalue weighted by Gasteiger charge is 2.20. The third kappa shape index (κ3) is 3.83. The minimum Gasteiger partial charge on any atom is -0.319 e. The largest absolute Gasteiger partial charge is 0.319 e. The molecule has 0 heterocycles.